The van der Waals surface area contributed by atoms with Gasteiger partial charge >= 0.3 is 0 Å². The van der Waals surface area contributed by atoms with Gasteiger partial charge in [-0.05, 0) is 43.6 Å². The topological polar surface area (TPSA) is 102 Å². The molecule has 4 heterocycles. The van der Waals surface area contributed by atoms with Crippen molar-refractivity contribution in [1.29, 1.82) is 0 Å². The van der Waals surface area contributed by atoms with E-state index in [1.54, 1.807) is 18.3 Å². The molecular formula is C23H30N6O3. The lowest BCUT2D eigenvalue weighted by Gasteiger charge is -2.27. The van der Waals surface area contributed by atoms with Crippen molar-refractivity contribution in [2.45, 2.75) is 70.5 Å². The number of aromatic nitrogens is 4. The van der Waals surface area contributed by atoms with Crippen LogP contribution in [0.4, 0.5) is 0 Å². The zero-order chi connectivity index (χ0) is 22.1. The van der Waals surface area contributed by atoms with E-state index in [0.717, 1.165) is 44.3 Å². The number of likely N-dealkylation sites (tertiary alicyclic amines) is 1. The second-order valence-electron chi connectivity index (χ2n) is 9.53. The predicted molar refractivity (Wildman–Crippen MR) is 117 cm³/mol. The van der Waals surface area contributed by atoms with Crippen molar-refractivity contribution < 1.29 is 9.59 Å². The molecule has 2 fully saturated rings. The minimum atomic E-state index is -0.162. The number of amides is 2. The second kappa shape index (κ2) is 8.52. The van der Waals surface area contributed by atoms with E-state index >= 15 is 0 Å². The first kappa shape index (κ1) is 20.9. The van der Waals surface area contributed by atoms with Gasteiger partial charge in [-0.15, -0.1) is 10.2 Å². The van der Waals surface area contributed by atoms with Crippen molar-refractivity contribution in [2.75, 3.05) is 13.1 Å². The van der Waals surface area contributed by atoms with Gasteiger partial charge in [-0.25, -0.2) is 0 Å². The molecule has 0 bridgehead atoms. The Labute approximate surface area is 186 Å². The third-order valence-electron chi connectivity index (χ3n) is 7.46. The number of hydrogen-bond acceptors (Lipinski definition) is 5. The van der Waals surface area contributed by atoms with E-state index in [1.807, 2.05) is 9.47 Å². The summed E-state index contributed by atoms with van der Waals surface area (Å²) in [6.07, 6.45) is 9.56. The van der Waals surface area contributed by atoms with Gasteiger partial charge in [0.05, 0.1) is 0 Å². The third-order valence-corrected chi connectivity index (χ3v) is 7.46. The van der Waals surface area contributed by atoms with E-state index < -0.39 is 0 Å². The van der Waals surface area contributed by atoms with Crippen molar-refractivity contribution in [2.24, 2.45) is 5.41 Å². The summed E-state index contributed by atoms with van der Waals surface area (Å²) < 4.78 is 3.43. The second-order valence-corrected chi connectivity index (χ2v) is 9.53. The maximum Gasteiger partial charge on any atom is 0.289 e. The van der Waals surface area contributed by atoms with Gasteiger partial charge in [0.2, 0.25) is 11.7 Å². The number of aryl methyl sites for hydroxylation is 1. The fourth-order valence-corrected chi connectivity index (χ4v) is 5.49. The summed E-state index contributed by atoms with van der Waals surface area (Å²) in [4.78, 5) is 39.5. The monoisotopic (exact) mass is 438 g/mol. The maximum atomic E-state index is 12.8. The van der Waals surface area contributed by atoms with Crippen molar-refractivity contribution in [1.82, 2.24) is 29.5 Å². The molecule has 1 saturated heterocycles. The molecule has 1 unspecified atom stereocenters. The van der Waals surface area contributed by atoms with Gasteiger partial charge in [0.25, 0.3) is 11.5 Å². The molecule has 1 aliphatic carbocycles. The molecule has 2 aliphatic heterocycles. The molecule has 1 spiro atoms. The van der Waals surface area contributed by atoms with Crippen LogP contribution in [-0.4, -0.2) is 55.2 Å². The summed E-state index contributed by atoms with van der Waals surface area (Å²) >= 11 is 0. The number of fused-ring (bicyclic) bond motifs is 1. The Morgan fingerprint density at radius 1 is 1.09 bits per heavy atom. The smallest absolute Gasteiger partial charge is 0.289 e. The van der Waals surface area contributed by atoms with Crippen LogP contribution in [0.3, 0.4) is 0 Å². The van der Waals surface area contributed by atoms with Crippen molar-refractivity contribution in [3.63, 3.8) is 0 Å². The molecule has 9 nitrogen and oxygen atoms in total. The van der Waals surface area contributed by atoms with Gasteiger partial charge in [-0.1, -0.05) is 18.9 Å². The summed E-state index contributed by atoms with van der Waals surface area (Å²) in [7, 11) is 0. The van der Waals surface area contributed by atoms with Crippen molar-refractivity contribution in [3.8, 4) is 0 Å². The van der Waals surface area contributed by atoms with Crippen LogP contribution in [0.25, 0.3) is 0 Å². The predicted octanol–water partition coefficient (Wildman–Crippen LogP) is 1.37. The summed E-state index contributed by atoms with van der Waals surface area (Å²) in [6, 6.07) is 5.17. The van der Waals surface area contributed by atoms with Crippen molar-refractivity contribution in [3.05, 3.63) is 46.4 Å². The lowest BCUT2D eigenvalue weighted by molar-refractivity contribution is -0.131. The Morgan fingerprint density at radius 3 is 2.72 bits per heavy atom. The minimum absolute atomic E-state index is 0.0181. The number of hydrogen-bond donors (Lipinski definition) is 1. The summed E-state index contributed by atoms with van der Waals surface area (Å²) in [5.74, 6) is 1.14. The lowest BCUT2D eigenvalue weighted by Crippen LogP contribution is -2.37. The standard InChI is InChI=1S/C23H30N6O3/c30-19-7-3-4-12-27(19)15-20(31)28-13-10-23(16-28)9-8-18-25-26-21(29(18)14-11-23)22(32)24-17-5-1-2-6-17/h3-4,7,12,17H,1-2,5-6,8-11,13-16H2,(H,24,32). The van der Waals surface area contributed by atoms with Crippen LogP contribution in [0.15, 0.2) is 29.2 Å². The molecule has 2 aromatic rings. The molecule has 1 N–H and O–H groups in total. The van der Waals surface area contributed by atoms with Gasteiger partial charge in [0.15, 0.2) is 0 Å². The van der Waals surface area contributed by atoms with Gasteiger partial charge < -0.3 is 19.4 Å². The molecular weight excluding hydrogens is 408 g/mol. The Morgan fingerprint density at radius 2 is 1.91 bits per heavy atom. The molecule has 2 amide bonds. The number of nitrogens with zero attached hydrogens (tertiary/aromatic N) is 5. The fourth-order valence-electron chi connectivity index (χ4n) is 5.49. The van der Waals surface area contributed by atoms with Crippen LogP contribution in [0.5, 0.6) is 0 Å². The van der Waals surface area contributed by atoms with Crippen LogP contribution >= 0.6 is 0 Å². The zero-order valence-corrected chi connectivity index (χ0v) is 18.3. The minimum Gasteiger partial charge on any atom is -0.347 e. The van der Waals surface area contributed by atoms with E-state index in [2.05, 4.69) is 15.5 Å². The molecule has 0 aromatic carbocycles. The average Bonchev–Trinajstić information content (AvgIpc) is 3.50. The van der Waals surface area contributed by atoms with E-state index in [0.29, 0.717) is 25.5 Å². The zero-order valence-electron chi connectivity index (χ0n) is 18.3. The number of rotatable bonds is 4. The SMILES string of the molecule is O=C(NC1CCCC1)c1nnc2n1CCC1(CC2)CCN(C(=O)Cn2ccccc2=O)C1. The van der Waals surface area contributed by atoms with Gasteiger partial charge in [-0.3, -0.25) is 14.4 Å². The average molecular weight is 439 g/mol. The highest BCUT2D eigenvalue weighted by atomic mass is 16.2. The summed E-state index contributed by atoms with van der Waals surface area (Å²) in [6.45, 7) is 2.16. The summed E-state index contributed by atoms with van der Waals surface area (Å²) in [5, 5.41) is 11.6. The first-order valence-electron chi connectivity index (χ1n) is 11.7. The van der Waals surface area contributed by atoms with E-state index in [9.17, 15) is 14.4 Å². The largest absolute Gasteiger partial charge is 0.347 e. The van der Waals surface area contributed by atoms with Gasteiger partial charge in [-0.2, -0.15) is 0 Å². The van der Waals surface area contributed by atoms with Gasteiger partial charge in [0.1, 0.15) is 12.4 Å². The normalized spacial score (nSPS) is 23.3. The highest BCUT2D eigenvalue weighted by molar-refractivity contribution is 5.91. The Bertz CT molecular complexity index is 1070. The first-order valence-corrected chi connectivity index (χ1v) is 11.7. The summed E-state index contributed by atoms with van der Waals surface area (Å²) in [5.41, 5.74) is -0.137. The fraction of sp³-hybridized carbons (Fsp3) is 0.609. The van der Waals surface area contributed by atoms with E-state index in [-0.39, 0.29) is 35.4 Å². The molecule has 1 saturated carbocycles. The number of pyridine rings is 1. The highest BCUT2D eigenvalue weighted by Gasteiger charge is 2.41. The number of nitrogens with one attached hydrogen (secondary N) is 1. The highest BCUT2D eigenvalue weighted by Crippen LogP contribution is 2.41. The molecule has 170 valence electrons. The van der Waals surface area contributed by atoms with Crippen LogP contribution in [0.2, 0.25) is 0 Å². The third kappa shape index (κ3) is 4.08. The Kier molecular flexibility index (Phi) is 5.57. The van der Waals surface area contributed by atoms with Crippen LogP contribution in [0, 0.1) is 5.41 Å². The van der Waals surface area contributed by atoms with E-state index in [4.69, 9.17) is 0 Å². The molecule has 5 rings (SSSR count). The molecule has 1 atom stereocenters. The number of carbonyl (C=O) groups is 2. The molecule has 0 radical (unpaired) electrons. The molecule has 9 heteroatoms. The van der Waals surface area contributed by atoms with Crippen LogP contribution in [-0.2, 0) is 24.3 Å². The quantitative estimate of drug-likeness (QED) is 0.777. The van der Waals surface area contributed by atoms with E-state index in [1.165, 1.54) is 23.5 Å². The Balaban J connectivity index is 1.23. The Hall–Kier alpha value is -2.97. The van der Waals surface area contributed by atoms with Crippen LogP contribution < -0.4 is 10.9 Å². The lowest BCUT2D eigenvalue weighted by atomic mass is 9.80. The molecule has 32 heavy (non-hydrogen) atoms. The molecule has 2 aromatic heterocycles. The molecule has 3 aliphatic rings. The van der Waals surface area contributed by atoms with Crippen LogP contribution in [0.1, 0.15) is 61.4 Å². The van der Waals surface area contributed by atoms with Crippen molar-refractivity contribution >= 4 is 11.8 Å². The number of carbonyl (C=O) groups excluding carboxylic acids is 2. The maximum absolute atomic E-state index is 12.8. The first-order chi connectivity index (χ1) is 15.5. The van der Waals surface area contributed by atoms with Gasteiger partial charge in [0, 0.05) is 44.4 Å².